The molecule has 2 fully saturated rings. The molecule has 1 saturated heterocycles. The van der Waals surface area contributed by atoms with Crippen molar-refractivity contribution in [2.24, 2.45) is 11.8 Å². The first kappa shape index (κ1) is 22.8. The number of likely N-dealkylation sites (N-methyl/N-ethyl adjacent to an activating group) is 1. The number of piperazine rings is 1. The van der Waals surface area contributed by atoms with E-state index >= 15 is 0 Å². The lowest BCUT2D eigenvalue weighted by Crippen LogP contribution is -2.47. The largest absolute Gasteiger partial charge is 0.345 e. The molecule has 1 aromatic rings. The van der Waals surface area contributed by atoms with Gasteiger partial charge in [-0.25, -0.2) is 0 Å². The Labute approximate surface area is 181 Å². The third-order valence-corrected chi connectivity index (χ3v) is 6.73. The van der Waals surface area contributed by atoms with Crippen LogP contribution in [0.5, 0.6) is 0 Å². The first-order valence-corrected chi connectivity index (χ1v) is 11.6. The number of nitrogens with one attached hydrogen (secondary N) is 2. The second-order valence-corrected chi connectivity index (χ2v) is 9.13. The van der Waals surface area contributed by atoms with Crippen LogP contribution in [0, 0.1) is 11.8 Å². The van der Waals surface area contributed by atoms with Crippen LogP contribution in [0.3, 0.4) is 0 Å². The van der Waals surface area contributed by atoms with Crippen molar-refractivity contribution < 1.29 is 9.59 Å². The van der Waals surface area contributed by atoms with E-state index in [4.69, 9.17) is 0 Å². The first-order valence-electron chi connectivity index (χ1n) is 11.6. The Hall–Kier alpha value is -1.92. The summed E-state index contributed by atoms with van der Waals surface area (Å²) in [4.78, 5) is 29.7. The maximum Gasteiger partial charge on any atom is 0.313 e. The van der Waals surface area contributed by atoms with Gasteiger partial charge in [-0.15, -0.1) is 0 Å². The van der Waals surface area contributed by atoms with Crippen LogP contribution >= 0.6 is 0 Å². The number of nitrogens with zero attached hydrogens (tertiary/aromatic N) is 2. The predicted octanol–water partition coefficient (Wildman–Crippen LogP) is 3.09. The van der Waals surface area contributed by atoms with Crippen LogP contribution in [0.25, 0.3) is 0 Å². The van der Waals surface area contributed by atoms with E-state index in [-0.39, 0.29) is 6.04 Å². The minimum absolute atomic E-state index is 0.104. The zero-order chi connectivity index (χ0) is 21.5. The van der Waals surface area contributed by atoms with Crippen molar-refractivity contribution in [2.75, 3.05) is 38.0 Å². The highest BCUT2D eigenvalue weighted by Gasteiger charge is 2.30. The van der Waals surface area contributed by atoms with Gasteiger partial charge in [0.1, 0.15) is 0 Å². The number of anilines is 1. The monoisotopic (exact) mass is 414 g/mol. The van der Waals surface area contributed by atoms with Gasteiger partial charge in [-0.05, 0) is 48.9 Å². The molecule has 30 heavy (non-hydrogen) atoms. The molecule has 2 unspecified atom stereocenters. The van der Waals surface area contributed by atoms with E-state index in [0.717, 1.165) is 58.5 Å². The van der Waals surface area contributed by atoms with Crippen molar-refractivity contribution in [2.45, 2.75) is 59.0 Å². The van der Waals surface area contributed by atoms with E-state index < -0.39 is 11.8 Å². The summed E-state index contributed by atoms with van der Waals surface area (Å²) >= 11 is 0. The molecule has 6 heteroatoms. The second kappa shape index (κ2) is 10.9. The molecule has 0 aromatic heterocycles. The standard InChI is InChI=1S/C24H38N4O2/c1-4-27-13-15-28(16-14-27)17-19-9-11-20(12-10-19)25-23(29)24(30)26-22-8-6-5-7-21(22)18(2)3/h9-12,18,21-22H,4-8,13-17H2,1-3H3,(H,25,29)(H,26,30). The van der Waals surface area contributed by atoms with Crippen LogP contribution < -0.4 is 10.6 Å². The Morgan fingerprint density at radius 1 is 0.967 bits per heavy atom. The molecule has 1 aromatic carbocycles. The molecule has 2 aliphatic rings. The van der Waals surface area contributed by atoms with Gasteiger partial charge < -0.3 is 15.5 Å². The van der Waals surface area contributed by atoms with Gasteiger partial charge in [-0.2, -0.15) is 0 Å². The van der Waals surface area contributed by atoms with E-state index in [2.05, 4.69) is 41.2 Å². The van der Waals surface area contributed by atoms with Crippen molar-refractivity contribution >= 4 is 17.5 Å². The summed E-state index contributed by atoms with van der Waals surface area (Å²) in [6.45, 7) is 13.1. The topological polar surface area (TPSA) is 64.7 Å². The summed E-state index contributed by atoms with van der Waals surface area (Å²) in [6, 6.07) is 7.96. The van der Waals surface area contributed by atoms with Crippen molar-refractivity contribution in [1.29, 1.82) is 0 Å². The van der Waals surface area contributed by atoms with E-state index in [1.54, 1.807) is 0 Å². The van der Waals surface area contributed by atoms with Gasteiger partial charge in [0, 0.05) is 44.5 Å². The molecule has 1 aliphatic heterocycles. The maximum absolute atomic E-state index is 12.4. The van der Waals surface area contributed by atoms with Crippen LogP contribution in [0.4, 0.5) is 5.69 Å². The van der Waals surface area contributed by atoms with Gasteiger partial charge in [-0.1, -0.05) is 45.7 Å². The van der Waals surface area contributed by atoms with Gasteiger partial charge in [0.2, 0.25) is 0 Å². The summed E-state index contributed by atoms with van der Waals surface area (Å²) in [5.41, 5.74) is 1.89. The molecule has 2 N–H and O–H groups in total. The highest BCUT2D eigenvalue weighted by Crippen LogP contribution is 2.30. The van der Waals surface area contributed by atoms with Crippen LogP contribution in [0.1, 0.15) is 52.0 Å². The number of benzene rings is 1. The molecule has 166 valence electrons. The van der Waals surface area contributed by atoms with Gasteiger partial charge in [0.25, 0.3) is 0 Å². The molecule has 0 spiro atoms. The lowest BCUT2D eigenvalue weighted by Gasteiger charge is -2.34. The van der Waals surface area contributed by atoms with Crippen LogP contribution in [-0.4, -0.2) is 60.4 Å². The van der Waals surface area contributed by atoms with E-state index in [1.165, 1.54) is 12.0 Å². The number of hydrogen-bond acceptors (Lipinski definition) is 4. The summed E-state index contributed by atoms with van der Waals surface area (Å²) in [5.74, 6) is -0.137. The molecule has 3 rings (SSSR count). The van der Waals surface area contributed by atoms with E-state index in [1.807, 2.05) is 24.3 Å². The van der Waals surface area contributed by atoms with Gasteiger partial charge in [0.05, 0.1) is 0 Å². The van der Waals surface area contributed by atoms with Crippen LogP contribution in [0.2, 0.25) is 0 Å². The first-order chi connectivity index (χ1) is 14.5. The smallest absolute Gasteiger partial charge is 0.313 e. The second-order valence-electron chi connectivity index (χ2n) is 9.13. The molecule has 2 amide bonds. The van der Waals surface area contributed by atoms with Crippen LogP contribution in [-0.2, 0) is 16.1 Å². The predicted molar refractivity (Wildman–Crippen MR) is 121 cm³/mol. The lowest BCUT2D eigenvalue weighted by molar-refractivity contribution is -0.137. The van der Waals surface area contributed by atoms with Crippen molar-refractivity contribution in [3.63, 3.8) is 0 Å². The molecular formula is C24H38N4O2. The highest BCUT2D eigenvalue weighted by atomic mass is 16.2. The third-order valence-electron chi connectivity index (χ3n) is 6.73. The fourth-order valence-electron chi connectivity index (χ4n) is 4.77. The van der Waals surface area contributed by atoms with E-state index in [0.29, 0.717) is 17.5 Å². The molecule has 0 bridgehead atoms. The summed E-state index contributed by atoms with van der Waals surface area (Å²) in [6.07, 6.45) is 4.41. The molecule has 1 saturated carbocycles. The maximum atomic E-state index is 12.4. The quantitative estimate of drug-likeness (QED) is 0.702. The molecule has 6 nitrogen and oxygen atoms in total. The molecular weight excluding hydrogens is 376 g/mol. The fourth-order valence-corrected chi connectivity index (χ4v) is 4.77. The van der Waals surface area contributed by atoms with Gasteiger partial charge in [0.15, 0.2) is 0 Å². The Morgan fingerprint density at radius 2 is 1.60 bits per heavy atom. The highest BCUT2D eigenvalue weighted by molar-refractivity contribution is 6.39. The average Bonchev–Trinajstić information content (AvgIpc) is 2.76. The van der Waals surface area contributed by atoms with Crippen molar-refractivity contribution in [1.82, 2.24) is 15.1 Å². The molecule has 0 radical (unpaired) electrons. The van der Waals surface area contributed by atoms with Gasteiger partial charge >= 0.3 is 11.8 Å². The normalized spacial score (nSPS) is 23.3. The number of rotatable bonds is 6. The Morgan fingerprint density at radius 3 is 2.23 bits per heavy atom. The van der Waals surface area contributed by atoms with Crippen LogP contribution in [0.15, 0.2) is 24.3 Å². The Balaban J connectivity index is 1.47. The third kappa shape index (κ3) is 6.29. The van der Waals surface area contributed by atoms with Gasteiger partial charge in [-0.3, -0.25) is 14.5 Å². The number of hydrogen-bond donors (Lipinski definition) is 2. The van der Waals surface area contributed by atoms with Crippen molar-refractivity contribution in [3.05, 3.63) is 29.8 Å². The number of amides is 2. The average molecular weight is 415 g/mol. The summed E-state index contributed by atoms with van der Waals surface area (Å²) in [5, 5.41) is 5.73. The minimum atomic E-state index is -0.577. The SMILES string of the molecule is CCN1CCN(Cc2ccc(NC(=O)C(=O)NC3CCCCC3C(C)C)cc2)CC1. The zero-order valence-corrected chi connectivity index (χ0v) is 18.8. The summed E-state index contributed by atoms with van der Waals surface area (Å²) in [7, 11) is 0. The number of carbonyl (C=O) groups excluding carboxylic acids is 2. The Bertz CT molecular complexity index is 696. The Kier molecular flexibility index (Phi) is 8.28. The molecule has 1 heterocycles. The minimum Gasteiger partial charge on any atom is -0.345 e. The fraction of sp³-hybridized carbons (Fsp3) is 0.667. The molecule has 2 atom stereocenters. The summed E-state index contributed by atoms with van der Waals surface area (Å²) < 4.78 is 0. The van der Waals surface area contributed by atoms with Crippen molar-refractivity contribution in [3.8, 4) is 0 Å². The number of carbonyl (C=O) groups is 2. The lowest BCUT2D eigenvalue weighted by atomic mass is 9.78. The molecule has 1 aliphatic carbocycles. The van der Waals surface area contributed by atoms with E-state index in [9.17, 15) is 9.59 Å². The zero-order valence-electron chi connectivity index (χ0n) is 18.8.